The molecule has 0 saturated heterocycles. The maximum absolute atomic E-state index is 9.20. The van der Waals surface area contributed by atoms with Crippen molar-refractivity contribution in [1.82, 2.24) is 9.97 Å². The summed E-state index contributed by atoms with van der Waals surface area (Å²) in [5.41, 5.74) is 6.02. The van der Waals surface area contributed by atoms with Gasteiger partial charge in [0, 0.05) is 16.5 Å². The minimum absolute atomic E-state index is 0.439. The van der Waals surface area contributed by atoms with Crippen LogP contribution in [-0.2, 0) is 5.41 Å². The molecule has 0 aliphatic carbocycles. The van der Waals surface area contributed by atoms with Crippen LogP contribution in [0.15, 0.2) is 84.9 Å². The Morgan fingerprint density at radius 1 is 0.613 bits per heavy atom. The van der Waals surface area contributed by atoms with Crippen molar-refractivity contribution in [2.45, 2.75) is 19.3 Å². The predicted molar refractivity (Wildman–Crippen MR) is 121 cm³/mol. The van der Waals surface area contributed by atoms with Crippen molar-refractivity contribution in [3.8, 4) is 34.7 Å². The molecule has 31 heavy (non-hydrogen) atoms. The molecule has 0 aliphatic rings. The van der Waals surface area contributed by atoms with E-state index in [1.807, 2.05) is 72.8 Å². The highest BCUT2D eigenvalue weighted by molar-refractivity contribution is 5.63. The van der Waals surface area contributed by atoms with Crippen molar-refractivity contribution in [2.24, 2.45) is 0 Å². The molecule has 0 spiro atoms. The van der Waals surface area contributed by atoms with Gasteiger partial charge >= 0.3 is 0 Å². The van der Waals surface area contributed by atoms with Gasteiger partial charge in [0.1, 0.15) is 0 Å². The third-order valence-corrected chi connectivity index (χ3v) is 5.35. The first-order valence-electron chi connectivity index (χ1n) is 9.97. The molecule has 0 bridgehead atoms. The molecular weight excluding hydrogens is 380 g/mol. The molecule has 0 unspecified atom stereocenters. The van der Waals surface area contributed by atoms with Gasteiger partial charge in [-0.25, -0.2) is 0 Å². The van der Waals surface area contributed by atoms with E-state index in [1.54, 1.807) is 12.1 Å². The Balaban J connectivity index is 1.74. The molecule has 2 aromatic carbocycles. The van der Waals surface area contributed by atoms with Crippen LogP contribution in [0.1, 0.15) is 36.4 Å². The summed E-state index contributed by atoms with van der Waals surface area (Å²) in [5, 5.41) is 18.4. The maximum Gasteiger partial charge on any atom is 0.0991 e. The molecule has 2 aromatic heterocycles. The SMILES string of the molecule is CC(C)(c1cccc(-c2cccc(C#N)c2)n1)c1cccc(-c2cccc(C#N)c2)n1. The van der Waals surface area contributed by atoms with Crippen LogP contribution in [0.25, 0.3) is 22.5 Å². The van der Waals surface area contributed by atoms with Gasteiger partial charge in [0.15, 0.2) is 0 Å². The molecule has 0 saturated carbocycles. The van der Waals surface area contributed by atoms with E-state index < -0.39 is 5.41 Å². The van der Waals surface area contributed by atoms with E-state index in [9.17, 15) is 10.5 Å². The minimum Gasteiger partial charge on any atom is -0.252 e. The van der Waals surface area contributed by atoms with Gasteiger partial charge < -0.3 is 0 Å². The average Bonchev–Trinajstić information content (AvgIpc) is 2.84. The van der Waals surface area contributed by atoms with Gasteiger partial charge in [-0.3, -0.25) is 9.97 Å². The van der Waals surface area contributed by atoms with E-state index in [0.29, 0.717) is 11.1 Å². The fraction of sp³-hybridized carbons (Fsp3) is 0.111. The van der Waals surface area contributed by atoms with Crippen molar-refractivity contribution in [3.05, 3.63) is 107 Å². The second-order valence-corrected chi connectivity index (χ2v) is 7.83. The summed E-state index contributed by atoms with van der Waals surface area (Å²) < 4.78 is 0. The molecule has 4 aromatic rings. The number of hydrogen-bond donors (Lipinski definition) is 0. The first-order valence-corrected chi connectivity index (χ1v) is 9.97. The number of nitrogens with zero attached hydrogens (tertiary/aromatic N) is 4. The molecule has 0 radical (unpaired) electrons. The van der Waals surface area contributed by atoms with E-state index in [-0.39, 0.29) is 0 Å². The van der Waals surface area contributed by atoms with Gasteiger partial charge in [-0.2, -0.15) is 10.5 Å². The summed E-state index contributed by atoms with van der Waals surface area (Å²) in [4.78, 5) is 9.81. The molecule has 0 aliphatic heterocycles. The Hall–Kier alpha value is -4.28. The number of rotatable bonds is 4. The van der Waals surface area contributed by atoms with E-state index in [0.717, 1.165) is 33.9 Å². The third kappa shape index (κ3) is 4.06. The molecule has 0 N–H and O–H groups in total. The van der Waals surface area contributed by atoms with Crippen LogP contribution < -0.4 is 0 Å². The molecule has 4 nitrogen and oxygen atoms in total. The lowest BCUT2D eigenvalue weighted by Crippen LogP contribution is -2.22. The summed E-state index contributed by atoms with van der Waals surface area (Å²) in [5.74, 6) is 0. The molecule has 0 amide bonds. The molecule has 4 rings (SSSR count). The molecule has 148 valence electrons. The van der Waals surface area contributed by atoms with Gasteiger partial charge in [-0.15, -0.1) is 0 Å². The number of pyridine rings is 2. The summed E-state index contributed by atoms with van der Waals surface area (Å²) in [6.45, 7) is 4.20. The molecule has 4 heteroatoms. The van der Waals surface area contributed by atoms with Crippen LogP contribution in [0.4, 0.5) is 0 Å². The van der Waals surface area contributed by atoms with E-state index in [1.165, 1.54) is 0 Å². The smallest absolute Gasteiger partial charge is 0.0991 e. The van der Waals surface area contributed by atoms with Crippen LogP contribution in [0.5, 0.6) is 0 Å². The number of hydrogen-bond acceptors (Lipinski definition) is 4. The van der Waals surface area contributed by atoms with E-state index >= 15 is 0 Å². The maximum atomic E-state index is 9.20. The Bertz CT molecular complexity index is 1240. The zero-order chi connectivity index (χ0) is 21.8. The largest absolute Gasteiger partial charge is 0.252 e. The fourth-order valence-electron chi connectivity index (χ4n) is 3.51. The monoisotopic (exact) mass is 400 g/mol. The second-order valence-electron chi connectivity index (χ2n) is 7.83. The first-order chi connectivity index (χ1) is 15.0. The number of nitriles is 2. The topological polar surface area (TPSA) is 73.4 Å². The second kappa shape index (κ2) is 8.22. The van der Waals surface area contributed by atoms with Crippen molar-refractivity contribution < 1.29 is 0 Å². The Kier molecular flexibility index (Phi) is 5.31. The van der Waals surface area contributed by atoms with Crippen LogP contribution >= 0.6 is 0 Å². The van der Waals surface area contributed by atoms with Crippen LogP contribution in [0.3, 0.4) is 0 Å². The van der Waals surface area contributed by atoms with Crippen LogP contribution in [0, 0.1) is 22.7 Å². The van der Waals surface area contributed by atoms with Gasteiger partial charge in [0.2, 0.25) is 0 Å². The van der Waals surface area contributed by atoms with Gasteiger partial charge in [-0.05, 0) is 62.4 Å². The lowest BCUT2D eigenvalue weighted by Gasteiger charge is -2.25. The fourth-order valence-corrected chi connectivity index (χ4v) is 3.51. The number of benzene rings is 2. The van der Waals surface area contributed by atoms with Gasteiger partial charge in [-0.1, -0.05) is 36.4 Å². The van der Waals surface area contributed by atoms with Crippen molar-refractivity contribution >= 4 is 0 Å². The summed E-state index contributed by atoms with van der Waals surface area (Å²) in [6.07, 6.45) is 0. The summed E-state index contributed by atoms with van der Waals surface area (Å²) >= 11 is 0. The summed E-state index contributed by atoms with van der Waals surface area (Å²) in [7, 11) is 0. The van der Waals surface area contributed by atoms with E-state index in [2.05, 4.69) is 26.0 Å². The number of aromatic nitrogens is 2. The highest BCUT2D eigenvalue weighted by Crippen LogP contribution is 2.32. The normalized spacial score (nSPS) is 10.8. The van der Waals surface area contributed by atoms with Crippen molar-refractivity contribution in [1.29, 1.82) is 10.5 Å². The standard InChI is InChI=1S/C27H20N4/c1-27(2,25-13-5-11-23(30-25)21-9-3-7-19(15-21)17-28)26-14-6-12-24(31-26)22-10-4-8-20(16-22)18-29/h3-16H,1-2H3. The Labute approximate surface area is 182 Å². The summed E-state index contributed by atoms with van der Waals surface area (Å²) in [6, 6.07) is 31.2. The van der Waals surface area contributed by atoms with Crippen LogP contribution in [-0.4, -0.2) is 9.97 Å². The van der Waals surface area contributed by atoms with E-state index in [4.69, 9.17) is 9.97 Å². The third-order valence-electron chi connectivity index (χ3n) is 5.35. The van der Waals surface area contributed by atoms with Crippen molar-refractivity contribution in [3.63, 3.8) is 0 Å². The Morgan fingerprint density at radius 2 is 1.03 bits per heavy atom. The molecular formula is C27H20N4. The minimum atomic E-state index is -0.439. The van der Waals surface area contributed by atoms with Gasteiger partial charge in [0.05, 0.1) is 46.0 Å². The zero-order valence-corrected chi connectivity index (χ0v) is 17.4. The zero-order valence-electron chi connectivity index (χ0n) is 17.4. The first kappa shape index (κ1) is 20.0. The quantitative estimate of drug-likeness (QED) is 0.429. The molecule has 0 atom stereocenters. The lowest BCUT2D eigenvalue weighted by molar-refractivity contribution is 0.597. The molecule has 0 fully saturated rings. The Morgan fingerprint density at radius 3 is 1.45 bits per heavy atom. The molecule has 2 heterocycles. The predicted octanol–water partition coefficient (Wildman–Crippen LogP) is 5.88. The highest BCUT2D eigenvalue weighted by Gasteiger charge is 2.27. The van der Waals surface area contributed by atoms with Crippen molar-refractivity contribution in [2.75, 3.05) is 0 Å². The van der Waals surface area contributed by atoms with Crippen LogP contribution in [0.2, 0.25) is 0 Å². The average molecular weight is 400 g/mol. The lowest BCUT2D eigenvalue weighted by atomic mass is 9.84. The highest BCUT2D eigenvalue weighted by atomic mass is 14.8. The van der Waals surface area contributed by atoms with Gasteiger partial charge in [0.25, 0.3) is 0 Å².